The highest BCUT2D eigenvalue weighted by molar-refractivity contribution is 9.17. The number of allylic oxidation sites excluding steroid dienone is 1. The van der Waals surface area contributed by atoms with Gasteiger partial charge in [0.1, 0.15) is 0 Å². The third-order valence-corrected chi connectivity index (χ3v) is 9.62. The van der Waals surface area contributed by atoms with E-state index in [9.17, 15) is 0 Å². The quantitative estimate of drug-likeness (QED) is 0.503. The Bertz CT molecular complexity index is 724. The zero-order valence-corrected chi connectivity index (χ0v) is 12.9. The zero-order valence-electron chi connectivity index (χ0n) is 10.4. The molecule has 0 aromatic heterocycles. The fourth-order valence-electron chi connectivity index (χ4n) is 2.22. The van der Waals surface area contributed by atoms with Gasteiger partial charge >= 0.3 is 0 Å². The Morgan fingerprint density at radius 1 is 0.895 bits per heavy atom. The Morgan fingerprint density at radius 2 is 1.68 bits per heavy atom. The van der Waals surface area contributed by atoms with Gasteiger partial charge in [-0.3, -0.25) is 0 Å². The second-order valence-electron chi connectivity index (χ2n) is 4.64. The second kappa shape index (κ2) is 4.58. The second-order valence-corrected chi connectivity index (χ2v) is 10.4. The van der Waals surface area contributed by atoms with E-state index >= 15 is 0 Å². The van der Waals surface area contributed by atoms with Gasteiger partial charge in [0.05, 0.1) is 0 Å². The largest absolute Gasteiger partial charge is 0.0616 e. The van der Waals surface area contributed by atoms with Crippen LogP contribution in [0.5, 0.6) is 0 Å². The minimum absolute atomic E-state index is 0.257. The van der Waals surface area contributed by atoms with Crippen molar-refractivity contribution < 1.29 is 0 Å². The normalized spacial score (nSPS) is 20.2. The Hall–Kier alpha value is -0.900. The van der Waals surface area contributed by atoms with Crippen molar-refractivity contribution in [1.82, 2.24) is 0 Å². The first kappa shape index (κ1) is 11.9. The molecule has 2 aromatic rings. The summed E-state index contributed by atoms with van der Waals surface area (Å²) in [4.78, 5) is 4.37. The third-order valence-electron chi connectivity index (χ3n) is 3.26. The summed E-state index contributed by atoms with van der Waals surface area (Å²) < 4.78 is 0. The van der Waals surface area contributed by atoms with Crippen LogP contribution in [-0.4, -0.2) is 4.86 Å². The number of rotatable bonds is 1. The molecule has 2 heterocycles. The van der Waals surface area contributed by atoms with Gasteiger partial charge in [-0.25, -0.2) is 0 Å². The van der Waals surface area contributed by atoms with Gasteiger partial charge in [0.2, 0.25) is 0 Å². The van der Waals surface area contributed by atoms with Crippen LogP contribution in [0.2, 0.25) is 0 Å². The maximum absolute atomic E-state index is 2.39. The Labute approximate surface area is 123 Å². The molecule has 0 spiro atoms. The summed E-state index contributed by atoms with van der Waals surface area (Å²) in [5, 5.41) is 0. The van der Waals surface area contributed by atoms with Crippen molar-refractivity contribution in [1.29, 1.82) is 0 Å². The Balaban J connectivity index is 1.73. The number of aryl methyl sites for hydroxylation is 1. The zero-order chi connectivity index (χ0) is 12.8. The lowest BCUT2D eigenvalue weighted by Gasteiger charge is -2.05. The van der Waals surface area contributed by atoms with E-state index in [1.807, 2.05) is 21.6 Å². The Morgan fingerprint density at radius 3 is 2.53 bits per heavy atom. The molecular weight excluding hydrogens is 288 g/mol. The van der Waals surface area contributed by atoms with E-state index < -0.39 is 0 Å². The van der Waals surface area contributed by atoms with Crippen molar-refractivity contribution in [2.24, 2.45) is 0 Å². The van der Waals surface area contributed by atoms with Crippen LogP contribution in [0.15, 0.2) is 59.5 Å². The van der Waals surface area contributed by atoms with Crippen molar-refractivity contribution >= 4 is 39.9 Å². The molecular formula is C16H12S3. The molecule has 0 saturated heterocycles. The lowest BCUT2D eigenvalue weighted by molar-refractivity contribution is 1.45. The maximum Gasteiger partial charge on any atom is 0.0281 e. The molecule has 19 heavy (non-hydrogen) atoms. The minimum Gasteiger partial charge on any atom is -0.0616 e. The van der Waals surface area contributed by atoms with E-state index in [0.29, 0.717) is 0 Å². The number of hydrogen-bond donors (Lipinski definition) is 0. The van der Waals surface area contributed by atoms with Crippen LogP contribution in [0.1, 0.15) is 16.7 Å². The van der Waals surface area contributed by atoms with E-state index in [0.717, 1.165) is 0 Å². The van der Waals surface area contributed by atoms with Gasteiger partial charge in [-0.1, -0.05) is 78.2 Å². The predicted molar refractivity (Wildman–Crippen MR) is 90.7 cm³/mol. The molecule has 0 fully saturated rings. The van der Waals surface area contributed by atoms with Gasteiger partial charge in [0.15, 0.2) is 0 Å². The first-order valence-corrected chi connectivity index (χ1v) is 10.1. The molecule has 94 valence electrons. The van der Waals surface area contributed by atoms with E-state index in [2.05, 4.69) is 61.5 Å². The van der Waals surface area contributed by atoms with Crippen LogP contribution >= 0.6 is 30.1 Å². The van der Waals surface area contributed by atoms with Gasteiger partial charge in [0, 0.05) is 20.2 Å². The summed E-state index contributed by atoms with van der Waals surface area (Å²) >= 11 is 0. The molecule has 4 rings (SSSR count). The molecule has 0 radical (unpaired) electrons. The SMILES string of the molecule is Cc1ccc(C2=CC3=S(S2)Sc2ccccc23)cc1. The highest BCUT2D eigenvalue weighted by atomic mass is 33.5. The highest BCUT2D eigenvalue weighted by Gasteiger charge is 2.26. The molecule has 0 bridgehead atoms. The van der Waals surface area contributed by atoms with Gasteiger partial charge in [-0.05, 0) is 24.6 Å². The average molecular weight is 300 g/mol. The molecule has 0 saturated carbocycles. The van der Waals surface area contributed by atoms with Crippen LogP contribution < -0.4 is 0 Å². The maximum atomic E-state index is 2.39. The summed E-state index contributed by atoms with van der Waals surface area (Å²) in [7, 11) is 4.28. The topological polar surface area (TPSA) is 0 Å². The highest BCUT2D eigenvalue weighted by Crippen LogP contribution is 2.63. The van der Waals surface area contributed by atoms with E-state index in [1.165, 1.54) is 31.4 Å². The molecule has 0 nitrogen and oxygen atoms in total. The number of hydrogen-bond acceptors (Lipinski definition) is 2. The average Bonchev–Trinajstić information content (AvgIpc) is 2.97. The molecule has 0 aliphatic carbocycles. The first-order valence-electron chi connectivity index (χ1n) is 6.17. The summed E-state index contributed by atoms with van der Waals surface area (Å²) in [6, 6.07) is 17.6. The predicted octanol–water partition coefficient (Wildman–Crippen LogP) is 5.51. The molecule has 3 heteroatoms. The molecule has 1 unspecified atom stereocenters. The van der Waals surface area contributed by atoms with E-state index in [4.69, 9.17) is 0 Å². The van der Waals surface area contributed by atoms with Crippen molar-refractivity contribution in [2.75, 3.05) is 0 Å². The summed E-state index contributed by atoms with van der Waals surface area (Å²) in [6.45, 7) is 2.14. The van der Waals surface area contributed by atoms with Crippen LogP contribution in [0.4, 0.5) is 0 Å². The van der Waals surface area contributed by atoms with E-state index in [-0.39, 0.29) is 8.55 Å². The lowest BCUT2D eigenvalue weighted by atomic mass is 10.1. The van der Waals surface area contributed by atoms with Gasteiger partial charge < -0.3 is 0 Å². The van der Waals surface area contributed by atoms with Crippen LogP contribution in [-0.2, 0) is 0 Å². The molecule has 0 amide bonds. The summed E-state index contributed by atoms with van der Waals surface area (Å²) in [5.41, 5.74) is 4.11. The molecule has 2 aliphatic rings. The molecule has 0 N–H and O–H groups in total. The standard InChI is InChI=1S/C16H12S3/c1-11-6-8-12(9-7-11)15-10-16-13-4-2-3-5-14(13)17-19(16)18-15/h2-10H,1H3. The third kappa shape index (κ3) is 2.00. The van der Waals surface area contributed by atoms with Crippen molar-refractivity contribution in [3.05, 3.63) is 71.3 Å². The first-order chi connectivity index (χ1) is 9.31. The van der Waals surface area contributed by atoms with Gasteiger partial charge in [-0.2, -0.15) is 0 Å². The lowest BCUT2D eigenvalue weighted by Crippen LogP contribution is -1.91. The van der Waals surface area contributed by atoms with Crippen LogP contribution in [0, 0.1) is 6.92 Å². The summed E-state index contributed by atoms with van der Waals surface area (Å²) in [6.07, 6.45) is 2.39. The van der Waals surface area contributed by atoms with Crippen LogP contribution in [0.3, 0.4) is 0 Å². The smallest absolute Gasteiger partial charge is 0.0281 e. The Kier molecular flexibility index (Phi) is 2.87. The minimum atomic E-state index is 0.257. The van der Waals surface area contributed by atoms with Crippen molar-refractivity contribution in [2.45, 2.75) is 11.8 Å². The van der Waals surface area contributed by atoms with Crippen molar-refractivity contribution in [3.8, 4) is 0 Å². The summed E-state index contributed by atoms with van der Waals surface area (Å²) in [5.74, 6) is 0. The number of fused-ring (bicyclic) bond motifs is 2. The fraction of sp³-hybridized carbons (Fsp3) is 0.0625. The van der Waals surface area contributed by atoms with E-state index in [1.54, 1.807) is 0 Å². The molecule has 1 atom stereocenters. The van der Waals surface area contributed by atoms with Crippen LogP contribution in [0.25, 0.3) is 4.91 Å². The molecule has 2 aliphatic heterocycles. The van der Waals surface area contributed by atoms with Gasteiger partial charge in [-0.15, -0.1) is 0 Å². The van der Waals surface area contributed by atoms with Crippen molar-refractivity contribution in [3.63, 3.8) is 0 Å². The molecule has 2 aromatic carbocycles. The monoisotopic (exact) mass is 300 g/mol. The number of benzene rings is 2. The fourth-order valence-corrected chi connectivity index (χ4v) is 9.21. The van der Waals surface area contributed by atoms with Gasteiger partial charge in [0.25, 0.3) is 0 Å².